The summed E-state index contributed by atoms with van der Waals surface area (Å²) in [4.78, 5) is 50.0. The zero-order valence-corrected chi connectivity index (χ0v) is 16.1. The van der Waals surface area contributed by atoms with Gasteiger partial charge < -0.3 is 10.1 Å². The van der Waals surface area contributed by atoms with Crippen LogP contribution in [0.5, 0.6) is 0 Å². The summed E-state index contributed by atoms with van der Waals surface area (Å²) in [5.41, 5.74) is 0.288. The molecule has 1 N–H and O–H groups in total. The van der Waals surface area contributed by atoms with E-state index in [0.717, 1.165) is 11.3 Å². The Morgan fingerprint density at radius 1 is 1.11 bits per heavy atom. The number of imide groups is 1. The lowest BCUT2D eigenvalue weighted by molar-refractivity contribution is -0.154. The van der Waals surface area contributed by atoms with Crippen molar-refractivity contribution in [3.8, 4) is 0 Å². The molecule has 4 rings (SSSR count). The fraction of sp³-hybridized carbons (Fsp3) is 0.368. The van der Waals surface area contributed by atoms with E-state index >= 15 is 0 Å². The fourth-order valence-electron chi connectivity index (χ4n) is 4.23. The van der Waals surface area contributed by atoms with Gasteiger partial charge in [-0.2, -0.15) is 0 Å². The number of fused-ring (bicyclic) bond motifs is 5. The van der Waals surface area contributed by atoms with Gasteiger partial charge in [0.25, 0.3) is 5.91 Å². The Bertz CT molecular complexity index is 886. The smallest absolute Gasteiger partial charge is 0.326 e. The van der Waals surface area contributed by atoms with E-state index in [1.54, 1.807) is 18.2 Å². The first-order valence-corrected chi connectivity index (χ1v) is 9.55. The van der Waals surface area contributed by atoms with Gasteiger partial charge in [-0.15, -0.1) is 0 Å². The average molecular weight is 423 g/mol. The first-order valence-electron chi connectivity index (χ1n) is 8.80. The van der Waals surface area contributed by atoms with Crippen molar-refractivity contribution in [1.82, 2.24) is 4.90 Å². The molecule has 1 aliphatic heterocycles. The molecule has 1 aromatic rings. The zero-order chi connectivity index (χ0) is 20.0. The molecule has 146 valence electrons. The average Bonchev–Trinajstić information content (AvgIpc) is 3.34. The molecule has 7 nitrogen and oxygen atoms in total. The lowest BCUT2D eigenvalue weighted by Gasteiger charge is -2.16. The maximum Gasteiger partial charge on any atom is 0.326 e. The Morgan fingerprint density at radius 3 is 2.39 bits per heavy atom. The van der Waals surface area contributed by atoms with Gasteiger partial charge in [0.2, 0.25) is 11.8 Å². The number of ether oxygens (including phenoxy) is 1. The van der Waals surface area contributed by atoms with Crippen LogP contribution in [0.25, 0.3) is 0 Å². The summed E-state index contributed by atoms with van der Waals surface area (Å²) in [6, 6.07) is 4.73. The van der Waals surface area contributed by atoms with Crippen molar-refractivity contribution in [2.75, 3.05) is 18.5 Å². The second kappa shape index (κ2) is 7.22. The van der Waals surface area contributed by atoms with Gasteiger partial charge in [-0.05, 0) is 30.4 Å². The highest BCUT2D eigenvalue weighted by molar-refractivity contribution is 6.44. The number of halogens is 2. The highest BCUT2D eigenvalue weighted by Crippen LogP contribution is 2.52. The van der Waals surface area contributed by atoms with Gasteiger partial charge in [-0.25, -0.2) is 0 Å². The minimum Gasteiger partial charge on any atom is -0.454 e. The van der Waals surface area contributed by atoms with Crippen LogP contribution in [0.4, 0.5) is 5.69 Å². The molecule has 3 amide bonds. The molecule has 1 saturated heterocycles. The van der Waals surface area contributed by atoms with Crippen molar-refractivity contribution in [3.05, 3.63) is 40.4 Å². The Kier molecular flexibility index (Phi) is 4.89. The molecular formula is C19H16Cl2N2O5. The molecule has 2 aliphatic carbocycles. The van der Waals surface area contributed by atoms with Crippen LogP contribution in [0.2, 0.25) is 10.0 Å². The van der Waals surface area contributed by atoms with Gasteiger partial charge in [0.15, 0.2) is 6.61 Å². The van der Waals surface area contributed by atoms with E-state index in [2.05, 4.69) is 5.32 Å². The van der Waals surface area contributed by atoms with Crippen LogP contribution < -0.4 is 5.32 Å². The third-order valence-corrected chi connectivity index (χ3v) is 6.26. The quantitative estimate of drug-likeness (QED) is 0.446. The van der Waals surface area contributed by atoms with Gasteiger partial charge in [0.05, 0.1) is 27.6 Å². The van der Waals surface area contributed by atoms with Crippen molar-refractivity contribution in [1.29, 1.82) is 0 Å². The Labute approximate surface area is 170 Å². The van der Waals surface area contributed by atoms with E-state index < -0.39 is 25.0 Å². The molecule has 1 heterocycles. The summed E-state index contributed by atoms with van der Waals surface area (Å²) >= 11 is 11.8. The number of carbonyl (C=O) groups is 4. The van der Waals surface area contributed by atoms with Crippen LogP contribution in [0.3, 0.4) is 0 Å². The van der Waals surface area contributed by atoms with Gasteiger partial charge >= 0.3 is 5.97 Å². The molecule has 9 heteroatoms. The third kappa shape index (κ3) is 3.18. The standard InChI is InChI=1S/C19H16Cl2N2O5/c20-11-2-1-3-12(17(11)21)22-13(24)8-28-14(25)7-23-18(26)15-9-4-5-10(6-9)16(15)19(23)27/h1-5,9-10,15-16H,6-8H2,(H,22,24)/t9-,10-,15-,16+/m0/s1. The Hall–Kier alpha value is -2.38. The number of benzene rings is 1. The number of hydrogen-bond acceptors (Lipinski definition) is 5. The topological polar surface area (TPSA) is 92.8 Å². The number of rotatable bonds is 5. The number of allylic oxidation sites excluding steroid dienone is 2. The molecule has 0 aromatic heterocycles. The SMILES string of the molecule is O=C(COC(=O)CN1C(=O)[C@@H]2[C@H](C1=O)[C@H]1C=C[C@H]2C1)Nc1cccc(Cl)c1Cl. The maximum atomic E-state index is 12.5. The first-order chi connectivity index (χ1) is 13.4. The molecule has 1 aromatic carbocycles. The summed E-state index contributed by atoms with van der Waals surface area (Å²) in [7, 11) is 0. The molecule has 0 spiro atoms. The Morgan fingerprint density at radius 2 is 1.75 bits per heavy atom. The largest absolute Gasteiger partial charge is 0.454 e. The predicted molar refractivity (Wildman–Crippen MR) is 100 cm³/mol. The summed E-state index contributed by atoms with van der Waals surface area (Å²) in [5.74, 6) is -2.71. The van der Waals surface area contributed by atoms with Crippen LogP contribution in [0.15, 0.2) is 30.4 Å². The van der Waals surface area contributed by atoms with Crippen molar-refractivity contribution in [2.24, 2.45) is 23.7 Å². The van der Waals surface area contributed by atoms with E-state index in [0.29, 0.717) is 0 Å². The van der Waals surface area contributed by atoms with E-state index in [9.17, 15) is 19.2 Å². The van der Waals surface area contributed by atoms with Crippen LogP contribution in [-0.4, -0.2) is 41.7 Å². The van der Waals surface area contributed by atoms with Crippen molar-refractivity contribution in [3.63, 3.8) is 0 Å². The first kappa shape index (κ1) is 19.0. The monoisotopic (exact) mass is 422 g/mol. The summed E-state index contributed by atoms with van der Waals surface area (Å²) in [6.07, 6.45) is 4.77. The molecule has 2 fully saturated rings. The molecule has 1 saturated carbocycles. The molecule has 28 heavy (non-hydrogen) atoms. The van der Waals surface area contributed by atoms with Crippen molar-refractivity contribution < 1.29 is 23.9 Å². The van der Waals surface area contributed by atoms with E-state index in [1.165, 1.54) is 0 Å². The highest BCUT2D eigenvalue weighted by Gasteiger charge is 2.59. The van der Waals surface area contributed by atoms with Gasteiger partial charge in [-0.3, -0.25) is 24.1 Å². The van der Waals surface area contributed by atoms with Crippen LogP contribution in [0.1, 0.15) is 6.42 Å². The fourth-order valence-corrected chi connectivity index (χ4v) is 4.58. The number of likely N-dealkylation sites (tertiary alicyclic amines) is 1. The van der Waals surface area contributed by atoms with E-state index in [1.807, 2.05) is 12.2 Å². The number of amides is 3. The number of nitrogens with zero attached hydrogens (tertiary/aromatic N) is 1. The summed E-state index contributed by atoms with van der Waals surface area (Å²) in [6.45, 7) is -1.06. The number of anilines is 1. The molecule has 3 aliphatic rings. The summed E-state index contributed by atoms with van der Waals surface area (Å²) < 4.78 is 4.91. The Balaban J connectivity index is 1.30. The van der Waals surface area contributed by atoms with Crippen LogP contribution in [-0.2, 0) is 23.9 Å². The number of esters is 1. The number of carbonyl (C=O) groups excluding carboxylic acids is 4. The zero-order valence-electron chi connectivity index (χ0n) is 14.6. The van der Waals surface area contributed by atoms with Gasteiger partial charge in [0, 0.05) is 0 Å². The van der Waals surface area contributed by atoms with Crippen LogP contribution >= 0.6 is 23.2 Å². The number of hydrogen-bond donors (Lipinski definition) is 1. The van der Waals surface area contributed by atoms with Gasteiger partial charge in [0.1, 0.15) is 6.54 Å². The van der Waals surface area contributed by atoms with Gasteiger partial charge in [-0.1, -0.05) is 41.4 Å². The van der Waals surface area contributed by atoms with E-state index in [4.69, 9.17) is 27.9 Å². The van der Waals surface area contributed by atoms with Crippen LogP contribution in [0, 0.1) is 23.7 Å². The van der Waals surface area contributed by atoms with Crippen molar-refractivity contribution in [2.45, 2.75) is 6.42 Å². The molecule has 2 bridgehead atoms. The number of nitrogens with one attached hydrogen (secondary N) is 1. The normalized spacial score (nSPS) is 27.3. The molecule has 4 atom stereocenters. The molecule has 0 unspecified atom stereocenters. The molecule has 0 radical (unpaired) electrons. The molecular weight excluding hydrogens is 407 g/mol. The maximum absolute atomic E-state index is 12.5. The van der Waals surface area contributed by atoms with Crippen molar-refractivity contribution >= 4 is 52.6 Å². The minimum absolute atomic E-state index is 0.0701. The summed E-state index contributed by atoms with van der Waals surface area (Å²) in [5, 5.41) is 2.93. The second-order valence-corrected chi connectivity index (χ2v) is 7.86. The highest BCUT2D eigenvalue weighted by atomic mass is 35.5. The predicted octanol–water partition coefficient (Wildman–Crippen LogP) is 2.28. The second-order valence-electron chi connectivity index (χ2n) is 7.07. The lowest BCUT2D eigenvalue weighted by Crippen LogP contribution is -2.38. The van der Waals surface area contributed by atoms with E-state index in [-0.39, 0.29) is 51.2 Å². The lowest BCUT2D eigenvalue weighted by atomic mass is 9.85. The minimum atomic E-state index is -0.825. The third-order valence-electron chi connectivity index (χ3n) is 5.44.